The van der Waals surface area contributed by atoms with Crippen LogP contribution < -0.4 is 11.1 Å². The van der Waals surface area contributed by atoms with Gasteiger partial charge in [-0.15, -0.1) is 10.2 Å². The molecule has 0 unspecified atom stereocenters. The SMILES string of the molecule is CNc1ccc(-c2ccnc3c2cc(CN2CC=C(c4c(C)c(C)c(C(N)=O)c(C)c4C)CC2)n3C)nn1. The van der Waals surface area contributed by atoms with Gasteiger partial charge >= 0.3 is 0 Å². The molecule has 1 aromatic carbocycles. The summed E-state index contributed by atoms with van der Waals surface area (Å²) in [7, 11) is 3.91. The second kappa shape index (κ2) is 10.0. The monoisotopic (exact) mass is 509 g/mol. The average Bonchev–Trinajstić information content (AvgIpc) is 3.23. The van der Waals surface area contributed by atoms with Crippen molar-refractivity contribution in [3.63, 3.8) is 0 Å². The number of hydrogen-bond donors (Lipinski definition) is 2. The molecule has 0 radical (unpaired) electrons. The van der Waals surface area contributed by atoms with Crippen molar-refractivity contribution in [2.75, 3.05) is 25.5 Å². The molecule has 0 saturated carbocycles. The molecule has 5 rings (SSSR count). The summed E-state index contributed by atoms with van der Waals surface area (Å²) < 4.78 is 2.18. The number of nitrogens with zero attached hydrogens (tertiary/aromatic N) is 5. The molecule has 0 fully saturated rings. The van der Waals surface area contributed by atoms with Gasteiger partial charge in [-0.3, -0.25) is 9.69 Å². The lowest BCUT2D eigenvalue weighted by Gasteiger charge is -2.29. The average molecular weight is 510 g/mol. The topological polar surface area (TPSA) is 102 Å². The number of aromatic nitrogens is 4. The van der Waals surface area contributed by atoms with Gasteiger partial charge in [0.1, 0.15) is 11.5 Å². The van der Waals surface area contributed by atoms with E-state index in [1.807, 2.05) is 45.3 Å². The molecule has 1 aliphatic rings. The third kappa shape index (κ3) is 4.35. The van der Waals surface area contributed by atoms with Crippen LogP contribution in [-0.4, -0.2) is 50.7 Å². The molecule has 1 amide bonds. The van der Waals surface area contributed by atoms with Gasteiger partial charge in [0, 0.05) is 62.1 Å². The number of aryl methyl sites for hydroxylation is 1. The first-order chi connectivity index (χ1) is 18.2. The summed E-state index contributed by atoms with van der Waals surface area (Å²) in [6.07, 6.45) is 5.13. The minimum Gasteiger partial charge on any atom is -0.372 e. The summed E-state index contributed by atoms with van der Waals surface area (Å²) in [6, 6.07) is 8.15. The molecule has 3 aromatic heterocycles. The van der Waals surface area contributed by atoms with Crippen LogP contribution in [0.3, 0.4) is 0 Å². The number of fused-ring (bicyclic) bond motifs is 1. The number of amides is 1. The number of nitrogens with one attached hydrogen (secondary N) is 1. The van der Waals surface area contributed by atoms with E-state index in [1.165, 1.54) is 16.8 Å². The Labute approximate surface area is 223 Å². The largest absolute Gasteiger partial charge is 0.372 e. The highest BCUT2D eigenvalue weighted by Crippen LogP contribution is 2.35. The van der Waals surface area contributed by atoms with Crippen LogP contribution in [0.1, 0.15) is 50.3 Å². The first-order valence-corrected chi connectivity index (χ1v) is 13.0. The van der Waals surface area contributed by atoms with Gasteiger partial charge in [-0.05, 0) is 91.8 Å². The number of carbonyl (C=O) groups excluding carboxylic acids is 1. The normalized spacial score (nSPS) is 14.1. The summed E-state index contributed by atoms with van der Waals surface area (Å²) in [5, 5.41) is 12.8. The highest BCUT2D eigenvalue weighted by atomic mass is 16.1. The molecule has 196 valence electrons. The zero-order valence-corrected chi connectivity index (χ0v) is 23.0. The number of benzene rings is 1. The lowest BCUT2D eigenvalue weighted by atomic mass is 9.83. The van der Waals surface area contributed by atoms with E-state index in [9.17, 15) is 4.79 Å². The van der Waals surface area contributed by atoms with Gasteiger partial charge in [0.25, 0.3) is 0 Å². The maximum Gasteiger partial charge on any atom is 0.249 e. The molecule has 1 aliphatic heterocycles. The van der Waals surface area contributed by atoms with E-state index >= 15 is 0 Å². The van der Waals surface area contributed by atoms with E-state index in [-0.39, 0.29) is 5.91 Å². The van der Waals surface area contributed by atoms with E-state index in [0.717, 1.165) is 76.4 Å². The van der Waals surface area contributed by atoms with Crippen LogP contribution in [0.4, 0.5) is 5.82 Å². The Kier molecular flexibility index (Phi) is 6.75. The minimum absolute atomic E-state index is 0.351. The minimum atomic E-state index is -0.351. The van der Waals surface area contributed by atoms with Crippen LogP contribution in [0.15, 0.2) is 36.5 Å². The summed E-state index contributed by atoms with van der Waals surface area (Å²) in [4.78, 5) is 19.2. The van der Waals surface area contributed by atoms with Crippen LogP contribution in [0.2, 0.25) is 0 Å². The van der Waals surface area contributed by atoms with Crippen LogP contribution >= 0.6 is 0 Å². The number of hydrogen-bond acceptors (Lipinski definition) is 6. The first-order valence-electron chi connectivity index (χ1n) is 13.0. The zero-order chi connectivity index (χ0) is 27.1. The number of nitrogens with two attached hydrogens (primary N) is 1. The quantitative estimate of drug-likeness (QED) is 0.391. The molecule has 0 saturated heterocycles. The van der Waals surface area contributed by atoms with Gasteiger partial charge < -0.3 is 15.6 Å². The third-order valence-electron chi connectivity index (χ3n) is 8.10. The maximum absolute atomic E-state index is 12.1. The van der Waals surface area contributed by atoms with Crippen molar-refractivity contribution in [1.82, 2.24) is 24.6 Å². The molecule has 0 spiro atoms. The van der Waals surface area contributed by atoms with Crippen molar-refractivity contribution < 1.29 is 4.79 Å². The predicted octanol–water partition coefficient (Wildman–Crippen LogP) is 4.69. The second-order valence-electron chi connectivity index (χ2n) is 10.2. The Hall–Kier alpha value is -4.04. The van der Waals surface area contributed by atoms with E-state index in [2.05, 4.69) is 63.0 Å². The molecule has 8 heteroatoms. The Bertz CT molecular complexity index is 1550. The van der Waals surface area contributed by atoms with Crippen molar-refractivity contribution in [2.24, 2.45) is 12.8 Å². The highest BCUT2D eigenvalue weighted by Gasteiger charge is 2.23. The van der Waals surface area contributed by atoms with Crippen LogP contribution in [0, 0.1) is 27.7 Å². The molecule has 0 bridgehead atoms. The molecule has 0 atom stereocenters. The lowest BCUT2D eigenvalue weighted by molar-refractivity contribution is 0.0999. The molecule has 8 nitrogen and oxygen atoms in total. The van der Waals surface area contributed by atoms with Crippen LogP contribution in [0.5, 0.6) is 0 Å². The molecular formula is C30H35N7O. The summed E-state index contributed by atoms with van der Waals surface area (Å²) >= 11 is 0. The van der Waals surface area contributed by atoms with Crippen molar-refractivity contribution >= 4 is 28.3 Å². The van der Waals surface area contributed by atoms with Crippen LogP contribution in [0.25, 0.3) is 27.9 Å². The second-order valence-corrected chi connectivity index (χ2v) is 10.2. The van der Waals surface area contributed by atoms with Crippen molar-refractivity contribution in [1.29, 1.82) is 0 Å². The van der Waals surface area contributed by atoms with Gasteiger partial charge in [0.15, 0.2) is 0 Å². The van der Waals surface area contributed by atoms with Gasteiger partial charge in [0.2, 0.25) is 5.91 Å². The Morgan fingerprint density at radius 2 is 1.79 bits per heavy atom. The smallest absolute Gasteiger partial charge is 0.249 e. The zero-order valence-electron chi connectivity index (χ0n) is 23.0. The standard InChI is InChI=1S/C30H35N7O/c1-17-19(3)28(29(31)38)20(4)18(2)27(17)21-10-13-37(14-11-21)16-22-15-24-23(9-12-33-30(24)36(22)6)25-7-8-26(32-5)35-34-25/h7-10,12,15H,11,13-14,16H2,1-6H3,(H2,31,38)(H,32,35). The molecule has 4 aromatic rings. The Morgan fingerprint density at radius 1 is 1.05 bits per heavy atom. The number of anilines is 1. The molecular weight excluding hydrogens is 474 g/mol. The van der Waals surface area contributed by atoms with Crippen molar-refractivity contribution in [3.05, 3.63) is 75.6 Å². The van der Waals surface area contributed by atoms with E-state index in [0.29, 0.717) is 5.56 Å². The Balaban J connectivity index is 1.41. The number of rotatable bonds is 6. The molecule has 38 heavy (non-hydrogen) atoms. The van der Waals surface area contributed by atoms with Crippen LogP contribution in [-0.2, 0) is 13.6 Å². The van der Waals surface area contributed by atoms with E-state index in [1.54, 1.807) is 0 Å². The maximum atomic E-state index is 12.1. The predicted molar refractivity (Wildman–Crippen MR) is 153 cm³/mol. The van der Waals surface area contributed by atoms with Gasteiger partial charge in [-0.25, -0.2) is 4.98 Å². The van der Waals surface area contributed by atoms with E-state index in [4.69, 9.17) is 5.73 Å². The van der Waals surface area contributed by atoms with E-state index < -0.39 is 0 Å². The van der Waals surface area contributed by atoms with Gasteiger partial charge in [-0.1, -0.05) is 6.08 Å². The van der Waals surface area contributed by atoms with Gasteiger partial charge in [-0.2, -0.15) is 0 Å². The fourth-order valence-corrected chi connectivity index (χ4v) is 5.73. The summed E-state index contributed by atoms with van der Waals surface area (Å²) in [6.45, 7) is 10.9. The summed E-state index contributed by atoms with van der Waals surface area (Å²) in [5.41, 5.74) is 17.3. The lowest BCUT2D eigenvalue weighted by Crippen LogP contribution is -2.29. The number of carbonyl (C=O) groups is 1. The first kappa shape index (κ1) is 25.6. The van der Waals surface area contributed by atoms with Gasteiger partial charge in [0.05, 0.1) is 5.69 Å². The highest BCUT2D eigenvalue weighted by molar-refractivity contribution is 5.97. The number of pyridine rings is 1. The van der Waals surface area contributed by atoms with Crippen molar-refractivity contribution in [2.45, 2.75) is 40.7 Å². The third-order valence-corrected chi connectivity index (χ3v) is 8.10. The number of primary amides is 1. The fraction of sp³-hybridized carbons (Fsp3) is 0.333. The van der Waals surface area contributed by atoms with Crippen molar-refractivity contribution in [3.8, 4) is 11.3 Å². The Morgan fingerprint density at radius 3 is 2.37 bits per heavy atom. The molecule has 3 N–H and O–H groups in total. The molecule has 0 aliphatic carbocycles. The molecule has 4 heterocycles. The fourth-order valence-electron chi connectivity index (χ4n) is 5.73. The summed E-state index contributed by atoms with van der Waals surface area (Å²) in [5.74, 6) is 0.390.